The Bertz CT molecular complexity index is 198. The molecule has 0 bridgehead atoms. The lowest BCUT2D eigenvalue weighted by Crippen LogP contribution is -2.28. The first-order valence-corrected chi connectivity index (χ1v) is 5.81. The number of aliphatic hydroxyl groups excluding tert-OH is 1. The van der Waals surface area contributed by atoms with Gasteiger partial charge in [-0.1, -0.05) is 0 Å². The molecular formula is C11H22N2O. The normalized spacial score (nSPS) is 38.6. The standard InChI is InChI=1S/C11H22N2O/c12-8-10-1-2-11(7-10)3-4-13(9-11)5-6-14/h10,14H,1-9,12H2/t10-,11+/m0/s1. The van der Waals surface area contributed by atoms with Gasteiger partial charge in [0.05, 0.1) is 6.61 Å². The second-order valence-corrected chi connectivity index (χ2v) is 5.09. The molecule has 2 atom stereocenters. The van der Waals surface area contributed by atoms with Crippen LogP contribution in [0.3, 0.4) is 0 Å². The van der Waals surface area contributed by atoms with Gasteiger partial charge in [0.1, 0.15) is 0 Å². The van der Waals surface area contributed by atoms with E-state index in [0.29, 0.717) is 12.0 Å². The predicted octanol–water partition coefficient (Wildman–Crippen LogP) is 0.430. The van der Waals surface area contributed by atoms with E-state index in [1.54, 1.807) is 0 Å². The Morgan fingerprint density at radius 2 is 2.29 bits per heavy atom. The van der Waals surface area contributed by atoms with E-state index < -0.39 is 0 Å². The van der Waals surface area contributed by atoms with E-state index in [9.17, 15) is 0 Å². The van der Waals surface area contributed by atoms with Crippen molar-refractivity contribution >= 4 is 0 Å². The van der Waals surface area contributed by atoms with Crippen molar-refractivity contribution in [1.82, 2.24) is 4.90 Å². The highest BCUT2D eigenvalue weighted by atomic mass is 16.3. The van der Waals surface area contributed by atoms with Crippen LogP contribution in [-0.4, -0.2) is 42.8 Å². The molecule has 0 radical (unpaired) electrons. The van der Waals surface area contributed by atoms with E-state index in [2.05, 4.69) is 4.90 Å². The summed E-state index contributed by atoms with van der Waals surface area (Å²) in [6.07, 6.45) is 5.33. The highest BCUT2D eigenvalue weighted by Gasteiger charge is 2.43. The molecule has 2 fully saturated rings. The number of hydrogen-bond donors (Lipinski definition) is 2. The highest BCUT2D eigenvalue weighted by molar-refractivity contribution is 4.96. The first kappa shape index (κ1) is 10.4. The molecule has 2 rings (SSSR count). The fourth-order valence-corrected chi connectivity index (χ4v) is 3.26. The molecule has 1 heterocycles. The van der Waals surface area contributed by atoms with Crippen molar-refractivity contribution in [3.05, 3.63) is 0 Å². The van der Waals surface area contributed by atoms with Crippen molar-refractivity contribution in [1.29, 1.82) is 0 Å². The van der Waals surface area contributed by atoms with Crippen LogP contribution in [0.5, 0.6) is 0 Å². The lowest BCUT2D eigenvalue weighted by atomic mass is 9.84. The molecule has 1 saturated carbocycles. The van der Waals surface area contributed by atoms with Gasteiger partial charge in [0.25, 0.3) is 0 Å². The third-order valence-corrected chi connectivity index (χ3v) is 4.07. The van der Waals surface area contributed by atoms with Crippen LogP contribution in [0.4, 0.5) is 0 Å². The van der Waals surface area contributed by atoms with Gasteiger partial charge in [0.15, 0.2) is 0 Å². The minimum absolute atomic E-state index is 0.302. The van der Waals surface area contributed by atoms with Crippen molar-refractivity contribution in [2.24, 2.45) is 17.1 Å². The van der Waals surface area contributed by atoms with Crippen LogP contribution in [0.25, 0.3) is 0 Å². The third kappa shape index (κ3) is 1.95. The molecule has 0 amide bonds. The molecule has 3 N–H and O–H groups in total. The number of β-amino-alcohol motifs (C(OH)–C–C–N with tert-alkyl or cyclic N) is 1. The Kier molecular flexibility index (Phi) is 3.10. The average Bonchev–Trinajstić information content (AvgIpc) is 2.76. The topological polar surface area (TPSA) is 49.5 Å². The molecule has 3 nitrogen and oxygen atoms in total. The van der Waals surface area contributed by atoms with E-state index in [-0.39, 0.29) is 0 Å². The van der Waals surface area contributed by atoms with E-state index >= 15 is 0 Å². The molecule has 82 valence electrons. The summed E-state index contributed by atoms with van der Waals surface area (Å²) in [4.78, 5) is 2.40. The van der Waals surface area contributed by atoms with Crippen LogP contribution < -0.4 is 5.73 Å². The van der Waals surface area contributed by atoms with E-state index in [0.717, 1.165) is 19.0 Å². The summed E-state index contributed by atoms with van der Waals surface area (Å²) in [6.45, 7) is 4.40. The first-order valence-electron chi connectivity index (χ1n) is 5.81. The van der Waals surface area contributed by atoms with E-state index in [4.69, 9.17) is 10.8 Å². The number of likely N-dealkylation sites (tertiary alicyclic amines) is 1. The third-order valence-electron chi connectivity index (χ3n) is 4.07. The van der Waals surface area contributed by atoms with Crippen LogP contribution in [0.2, 0.25) is 0 Å². The van der Waals surface area contributed by atoms with E-state index in [1.807, 2.05) is 0 Å². The van der Waals surface area contributed by atoms with Gasteiger partial charge in [-0.15, -0.1) is 0 Å². The summed E-state index contributed by atoms with van der Waals surface area (Å²) in [5.41, 5.74) is 6.29. The summed E-state index contributed by atoms with van der Waals surface area (Å²) in [7, 11) is 0. The summed E-state index contributed by atoms with van der Waals surface area (Å²) in [5.74, 6) is 0.768. The number of nitrogens with zero attached hydrogens (tertiary/aromatic N) is 1. The van der Waals surface area contributed by atoms with Gasteiger partial charge in [0.2, 0.25) is 0 Å². The Morgan fingerprint density at radius 3 is 2.93 bits per heavy atom. The average molecular weight is 198 g/mol. The molecule has 3 heteroatoms. The molecular weight excluding hydrogens is 176 g/mol. The minimum atomic E-state index is 0.302. The number of rotatable bonds is 3. The van der Waals surface area contributed by atoms with Gasteiger partial charge in [-0.3, -0.25) is 0 Å². The summed E-state index contributed by atoms with van der Waals surface area (Å²) < 4.78 is 0. The van der Waals surface area contributed by atoms with Gasteiger partial charge in [-0.05, 0) is 50.1 Å². The molecule has 0 unspecified atom stereocenters. The van der Waals surface area contributed by atoms with Crippen LogP contribution in [-0.2, 0) is 0 Å². The van der Waals surface area contributed by atoms with Gasteiger partial charge < -0.3 is 15.7 Å². The Morgan fingerprint density at radius 1 is 1.43 bits per heavy atom. The van der Waals surface area contributed by atoms with Gasteiger partial charge >= 0.3 is 0 Å². The minimum Gasteiger partial charge on any atom is -0.395 e. The van der Waals surface area contributed by atoms with Gasteiger partial charge in [0, 0.05) is 13.1 Å². The smallest absolute Gasteiger partial charge is 0.0558 e. The van der Waals surface area contributed by atoms with Crippen molar-refractivity contribution in [2.75, 3.05) is 32.8 Å². The van der Waals surface area contributed by atoms with Crippen LogP contribution in [0, 0.1) is 11.3 Å². The second kappa shape index (κ2) is 4.17. The zero-order chi connectivity index (χ0) is 10.0. The zero-order valence-electron chi connectivity index (χ0n) is 8.91. The fraction of sp³-hybridized carbons (Fsp3) is 1.00. The Hall–Kier alpha value is -0.120. The lowest BCUT2D eigenvalue weighted by Gasteiger charge is -2.24. The summed E-state index contributed by atoms with van der Waals surface area (Å²) >= 11 is 0. The molecule has 1 spiro atoms. The highest BCUT2D eigenvalue weighted by Crippen LogP contribution is 2.47. The maximum atomic E-state index is 8.89. The SMILES string of the molecule is NC[C@H]1CC[C@@]2(CCN(CCO)C2)C1. The predicted molar refractivity (Wildman–Crippen MR) is 57.0 cm³/mol. The first-order chi connectivity index (χ1) is 6.78. The largest absolute Gasteiger partial charge is 0.395 e. The number of aliphatic hydroxyl groups is 1. The monoisotopic (exact) mass is 198 g/mol. The Labute approximate surface area is 86.3 Å². The van der Waals surface area contributed by atoms with Gasteiger partial charge in [-0.2, -0.15) is 0 Å². The van der Waals surface area contributed by atoms with Crippen LogP contribution >= 0.6 is 0 Å². The molecule has 0 aromatic heterocycles. The van der Waals surface area contributed by atoms with Crippen molar-refractivity contribution in [3.63, 3.8) is 0 Å². The Balaban J connectivity index is 1.87. The lowest BCUT2D eigenvalue weighted by molar-refractivity contribution is 0.199. The quantitative estimate of drug-likeness (QED) is 0.691. The molecule has 0 aromatic carbocycles. The molecule has 1 aliphatic carbocycles. The molecule has 1 aliphatic heterocycles. The number of hydrogen-bond acceptors (Lipinski definition) is 3. The molecule has 2 aliphatic rings. The second-order valence-electron chi connectivity index (χ2n) is 5.09. The molecule has 14 heavy (non-hydrogen) atoms. The zero-order valence-corrected chi connectivity index (χ0v) is 8.91. The van der Waals surface area contributed by atoms with Gasteiger partial charge in [-0.25, -0.2) is 0 Å². The van der Waals surface area contributed by atoms with Crippen LogP contribution in [0.1, 0.15) is 25.7 Å². The van der Waals surface area contributed by atoms with Crippen molar-refractivity contribution in [2.45, 2.75) is 25.7 Å². The fourth-order valence-electron chi connectivity index (χ4n) is 3.26. The molecule has 1 saturated heterocycles. The number of nitrogens with two attached hydrogens (primary N) is 1. The maximum absolute atomic E-state index is 8.89. The maximum Gasteiger partial charge on any atom is 0.0558 e. The summed E-state index contributed by atoms with van der Waals surface area (Å²) in [6, 6.07) is 0. The van der Waals surface area contributed by atoms with Crippen molar-refractivity contribution < 1.29 is 5.11 Å². The van der Waals surface area contributed by atoms with E-state index in [1.165, 1.54) is 38.8 Å². The van der Waals surface area contributed by atoms with Crippen LogP contribution in [0.15, 0.2) is 0 Å². The summed E-state index contributed by atoms with van der Waals surface area (Å²) in [5, 5.41) is 8.89. The van der Waals surface area contributed by atoms with Crippen molar-refractivity contribution in [3.8, 4) is 0 Å². The molecule has 0 aromatic rings.